The van der Waals surface area contributed by atoms with Crippen LogP contribution in [0.4, 0.5) is 4.39 Å². The van der Waals surface area contributed by atoms with E-state index in [0.717, 1.165) is 0 Å². The zero-order chi connectivity index (χ0) is 16.0. The Hall–Kier alpha value is -2.11. The van der Waals surface area contributed by atoms with Crippen molar-refractivity contribution in [3.8, 4) is 5.75 Å². The van der Waals surface area contributed by atoms with Crippen molar-refractivity contribution in [3.05, 3.63) is 29.6 Å². The fourth-order valence-corrected chi connectivity index (χ4v) is 2.02. The highest BCUT2D eigenvalue weighted by molar-refractivity contribution is 5.83. The first kappa shape index (κ1) is 16.9. The molecule has 1 aromatic carbocycles. The second kappa shape index (κ2) is 7.61. The van der Waals surface area contributed by atoms with Gasteiger partial charge in [0.25, 0.3) is 0 Å². The highest BCUT2D eigenvalue weighted by Gasteiger charge is 2.20. The third kappa shape index (κ3) is 5.41. The van der Waals surface area contributed by atoms with Crippen molar-refractivity contribution in [2.75, 3.05) is 20.2 Å². The van der Waals surface area contributed by atoms with E-state index in [4.69, 9.17) is 9.84 Å². The van der Waals surface area contributed by atoms with Crippen molar-refractivity contribution in [1.29, 1.82) is 0 Å². The van der Waals surface area contributed by atoms with Gasteiger partial charge in [0.15, 0.2) is 0 Å². The SMILES string of the molecule is COc1ccc(F)cc1CC(=O)N(CC(=O)O)CC(C)C. The van der Waals surface area contributed by atoms with Crippen molar-refractivity contribution in [1.82, 2.24) is 4.90 Å². The second-order valence-corrected chi connectivity index (χ2v) is 5.19. The number of halogens is 1. The molecule has 1 amide bonds. The van der Waals surface area contributed by atoms with E-state index in [1.165, 1.54) is 30.2 Å². The highest BCUT2D eigenvalue weighted by Crippen LogP contribution is 2.20. The lowest BCUT2D eigenvalue weighted by Crippen LogP contribution is -2.39. The number of rotatable bonds is 7. The minimum absolute atomic E-state index is 0.0963. The third-order valence-electron chi connectivity index (χ3n) is 2.85. The van der Waals surface area contributed by atoms with E-state index in [1.807, 2.05) is 13.8 Å². The van der Waals surface area contributed by atoms with Gasteiger partial charge in [-0.3, -0.25) is 9.59 Å². The van der Waals surface area contributed by atoms with E-state index in [2.05, 4.69) is 0 Å². The fraction of sp³-hybridized carbons (Fsp3) is 0.467. The number of carbonyl (C=O) groups excluding carboxylic acids is 1. The van der Waals surface area contributed by atoms with Gasteiger partial charge in [-0.25, -0.2) is 4.39 Å². The fourth-order valence-electron chi connectivity index (χ4n) is 2.02. The molecule has 116 valence electrons. The molecule has 0 aromatic heterocycles. The molecule has 1 aromatic rings. The summed E-state index contributed by atoms with van der Waals surface area (Å²) >= 11 is 0. The molecule has 0 aliphatic rings. The zero-order valence-corrected chi connectivity index (χ0v) is 12.4. The number of ether oxygens (including phenoxy) is 1. The van der Waals surface area contributed by atoms with Crippen LogP contribution in [0.2, 0.25) is 0 Å². The Morgan fingerprint density at radius 2 is 2.05 bits per heavy atom. The summed E-state index contributed by atoms with van der Waals surface area (Å²) in [6.45, 7) is 3.76. The summed E-state index contributed by atoms with van der Waals surface area (Å²) in [6.07, 6.45) is -0.0963. The van der Waals surface area contributed by atoms with E-state index in [1.54, 1.807) is 0 Å². The predicted octanol–water partition coefficient (Wildman–Crippen LogP) is 1.95. The first-order chi connectivity index (χ1) is 9.83. The Kier molecular flexibility index (Phi) is 6.14. The van der Waals surface area contributed by atoms with Gasteiger partial charge in [-0.15, -0.1) is 0 Å². The van der Waals surface area contributed by atoms with E-state index < -0.39 is 11.8 Å². The molecule has 5 nitrogen and oxygen atoms in total. The molecule has 21 heavy (non-hydrogen) atoms. The molecule has 0 fully saturated rings. The lowest BCUT2D eigenvalue weighted by molar-refractivity contribution is -0.144. The van der Waals surface area contributed by atoms with Gasteiger partial charge in [0.1, 0.15) is 18.1 Å². The average Bonchev–Trinajstić information content (AvgIpc) is 2.37. The second-order valence-electron chi connectivity index (χ2n) is 5.19. The first-order valence-corrected chi connectivity index (χ1v) is 6.65. The molecule has 1 rings (SSSR count). The van der Waals surface area contributed by atoms with Gasteiger partial charge in [-0.05, 0) is 24.1 Å². The van der Waals surface area contributed by atoms with Crippen LogP contribution in [-0.2, 0) is 16.0 Å². The highest BCUT2D eigenvalue weighted by atomic mass is 19.1. The lowest BCUT2D eigenvalue weighted by atomic mass is 10.1. The Labute approximate surface area is 123 Å². The van der Waals surface area contributed by atoms with Crippen LogP contribution in [0.1, 0.15) is 19.4 Å². The van der Waals surface area contributed by atoms with Gasteiger partial charge in [0, 0.05) is 12.1 Å². The molecule has 0 saturated carbocycles. The Bertz CT molecular complexity index is 516. The maximum atomic E-state index is 13.3. The van der Waals surface area contributed by atoms with Crippen molar-refractivity contribution in [2.24, 2.45) is 5.92 Å². The monoisotopic (exact) mass is 297 g/mol. The van der Waals surface area contributed by atoms with Crippen LogP contribution < -0.4 is 4.74 Å². The van der Waals surface area contributed by atoms with Crippen molar-refractivity contribution >= 4 is 11.9 Å². The summed E-state index contributed by atoms with van der Waals surface area (Å²) < 4.78 is 18.4. The number of methoxy groups -OCH3 is 1. The molecule has 1 N–H and O–H groups in total. The molecular formula is C15H20FNO4. The molecule has 0 bridgehead atoms. The van der Waals surface area contributed by atoms with Gasteiger partial charge in [-0.2, -0.15) is 0 Å². The molecule has 0 heterocycles. The van der Waals surface area contributed by atoms with Crippen LogP contribution in [-0.4, -0.2) is 42.1 Å². The van der Waals surface area contributed by atoms with Gasteiger partial charge in [-0.1, -0.05) is 13.8 Å². The molecular weight excluding hydrogens is 277 g/mol. The Balaban J connectivity index is 2.90. The maximum absolute atomic E-state index is 13.3. The summed E-state index contributed by atoms with van der Waals surface area (Å²) in [4.78, 5) is 24.4. The number of hydrogen-bond donors (Lipinski definition) is 1. The molecule has 0 atom stereocenters. The molecule has 0 spiro atoms. The van der Waals surface area contributed by atoms with Crippen LogP contribution in [0.5, 0.6) is 5.75 Å². The maximum Gasteiger partial charge on any atom is 0.323 e. The van der Waals surface area contributed by atoms with Crippen LogP contribution >= 0.6 is 0 Å². The number of hydrogen-bond acceptors (Lipinski definition) is 3. The summed E-state index contributed by atoms with van der Waals surface area (Å²) in [6, 6.07) is 3.92. The minimum Gasteiger partial charge on any atom is -0.496 e. The van der Waals surface area contributed by atoms with Crippen molar-refractivity contribution < 1.29 is 23.8 Å². The lowest BCUT2D eigenvalue weighted by Gasteiger charge is -2.23. The average molecular weight is 297 g/mol. The first-order valence-electron chi connectivity index (χ1n) is 6.65. The summed E-state index contributed by atoms with van der Waals surface area (Å²) in [5, 5.41) is 8.88. The number of amides is 1. The van der Waals surface area contributed by atoms with Gasteiger partial charge in [0.2, 0.25) is 5.91 Å². The summed E-state index contributed by atoms with van der Waals surface area (Å²) in [5.41, 5.74) is 0.404. The van der Waals surface area contributed by atoms with Crippen LogP contribution in [0.3, 0.4) is 0 Å². The molecule has 0 saturated heterocycles. The number of nitrogens with zero attached hydrogens (tertiary/aromatic N) is 1. The van der Waals surface area contributed by atoms with Crippen molar-refractivity contribution in [2.45, 2.75) is 20.3 Å². The zero-order valence-electron chi connectivity index (χ0n) is 12.4. The molecule has 0 unspecified atom stereocenters. The predicted molar refractivity (Wildman–Crippen MR) is 75.7 cm³/mol. The van der Waals surface area contributed by atoms with E-state index in [-0.39, 0.29) is 24.8 Å². The van der Waals surface area contributed by atoms with E-state index in [0.29, 0.717) is 17.9 Å². The van der Waals surface area contributed by atoms with Gasteiger partial charge in [0.05, 0.1) is 13.5 Å². The molecule has 6 heteroatoms. The standard InChI is InChI=1S/C15H20FNO4/c1-10(2)8-17(9-15(19)20)14(18)7-11-6-12(16)4-5-13(11)21-3/h4-6,10H,7-9H2,1-3H3,(H,19,20). The summed E-state index contributed by atoms with van der Waals surface area (Å²) in [7, 11) is 1.43. The third-order valence-corrected chi connectivity index (χ3v) is 2.85. The Morgan fingerprint density at radius 1 is 1.38 bits per heavy atom. The number of benzene rings is 1. The molecule has 0 aliphatic heterocycles. The molecule has 0 radical (unpaired) electrons. The number of carboxylic acid groups (broad SMARTS) is 1. The van der Waals surface area contributed by atoms with Gasteiger partial charge >= 0.3 is 5.97 Å². The smallest absolute Gasteiger partial charge is 0.323 e. The minimum atomic E-state index is -1.07. The topological polar surface area (TPSA) is 66.8 Å². The number of carboxylic acids is 1. The molecule has 0 aliphatic carbocycles. The van der Waals surface area contributed by atoms with Crippen molar-refractivity contribution in [3.63, 3.8) is 0 Å². The van der Waals surface area contributed by atoms with Crippen LogP contribution in [0, 0.1) is 11.7 Å². The van der Waals surface area contributed by atoms with E-state index in [9.17, 15) is 14.0 Å². The summed E-state index contributed by atoms with van der Waals surface area (Å²) in [5.74, 6) is -1.36. The van der Waals surface area contributed by atoms with Crippen LogP contribution in [0.25, 0.3) is 0 Å². The van der Waals surface area contributed by atoms with E-state index >= 15 is 0 Å². The van der Waals surface area contributed by atoms with Gasteiger partial charge < -0.3 is 14.7 Å². The van der Waals surface area contributed by atoms with Crippen LogP contribution in [0.15, 0.2) is 18.2 Å². The number of aliphatic carboxylic acids is 1. The normalized spacial score (nSPS) is 10.5. The Morgan fingerprint density at radius 3 is 2.57 bits per heavy atom. The quantitative estimate of drug-likeness (QED) is 0.835. The largest absolute Gasteiger partial charge is 0.496 e. The number of carbonyl (C=O) groups is 2.